The Balaban J connectivity index is 1.47. The highest BCUT2D eigenvalue weighted by Crippen LogP contribution is 2.28. The van der Waals surface area contributed by atoms with Crippen LogP contribution >= 0.6 is 0 Å². The molecule has 0 aliphatic carbocycles. The zero-order valence-corrected chi connectivity index (χ0v) is 16.0. The van der Waals surface area contributed by atoms with Crippen molar-refractivity contribution >= 4 is 11.6 Å². The van der Waals surface area contributed by atoms with Crippen LogP contribution in [-0.4, -0.2) is 62.7 Å². The number of anilines is 1. The van der Waals surface area contributed by atoms with Crippen molar-refractivity contribution in [2.75, 3.05) is 52.3 Å². The Hall–Kier alpha value is -2.73. The summed E-state index contributed by atoms with van der Waals surface area (Å²) in [6, 6.07) is 16.0. The van der Waals surface area contributed by atoms with Gasteiger partial charge in [0, 0.05) is 38.8 Å². The number of rotatable bonds is 7. The Kier molecular flexibility index (Phi) is 6.54. The highest BCUT2D eigenvalue weighted by atomic mass is 16.5. The van der Waals surface area contributed by atoms with E-state index < -0.39 is 0 Å². The number of amides is 1. The van der Waals surface area contributed by atoms with Crippen LogP contribution in [0, 0.1) is 0 Å². The summed E-state index contributed by atoms with van der Waals surface area (Å²) in [5.74, 6) is 1.49. The number of ether oxygens (including phenoxy) is 2. The third-order valence-corrected chi connectivity index (χ3v) is 4.81. The summed E-state index contributed by atoms with van der Waals surface area (Å²) < 4.78 is 10.6. The minimum atomic E-state index is 0.104. The number of carbonyl (C=O) groups is 1. The normalized spacial score (nSPS) is 14.7. The molecule has 0 atom stereocenters. The van der Waals surface area contributed by atoms with Gasteiger partial charge >= 0.3 is 0 Å². The van der Waals surface area contributed by atoms with Crippen LogP contribution in [0.5, 0.6) is 11.5 Å². The highest BCUT2D eigenvalue weighted by Gasteiger charge is 2.21. The Morgan fingerprint density at radius 3 is 2.41 bits per heavy atom. The SMILES string of the molecule is COc1ccc(NCC(=O)N2CCN(Cc3ccccc3)CC2)c(OC)c1. The van der Waals surface area contributed by atoms with Gasteiger partial charge in [0.25, 0.3) is 0 Å². The average Bonchev–Trinajstić information content (AvgIpc) is 2.73. The first kappa shape index (κ1) is 19.0. The van der Waals surface area contributed by atoms with Gasteiger partial charge in [-0.3, -0.25) is 9.69 Å². The summed E-state index contributed by atoms with van der Waals surface area (Å²) >= 11 is 0. The van der Waals surface area contributed by atoms with Crippen LogP contribution in [0.25, 0.3) is 0 Å². The van der Waals surface area contributed by atoms with Crippen LogP contribution in [0.3, 0.4) is 0 Å². The molecule has 6 heteroatoms. The van der Waals surface area contributed by atoms with E-state index in [1.54, 1.807) is 20.3 Å². The summed E-state index contributed by atoms with van der Waals surface area (Å²) in [7, 11) is 3.22. The largest absolute Gasteiger partial charge is 0.497 e. The monoisotopic (exact) mass is 369 g/mol. The fraction of sp³-hybridized carbons (Fsp3) is 0.381. The first-order valence-electron chi connectivity index (χ1n) is 9.19. The third kappa shape index (κ3) is 5.14. The third-order valence-electron chi connectivity index (χ3n) is 4.81. The number of piperazine rings is 1. The number of carbonyl (C=O) groups excluding carboxylic acids is 1. The fourth-order valence-corrected chi connectivity index (χ4v) is 3.22. The molecule has 0 radical (unpaired) electrons. The van der Waals surface area contributed by atoms with Crippen LogP contribution in [0.15, 0.2) is 48.5 Å². The Labute approximate surface area is 160 Å². The van der Waals surface area contributed by atoms with E-state index >= 15 is 0 Å². The van der Waals surface area contributed by atoms with Gasteiger partial charge in [0.1, 0.15) is 11.5 Å². The van der Waals surface area contributed by atoms with Gasteiger partial charge in [0.2, 0.25) is 5.91 Å². The first-order valence-corrected chi connectivity index (χ1v) is 9.19. The second-order valence-corrected chi connectivity index (χ2v) is 6.56. The molecule has 0 spiro atoms. The first-order chi connectivity index (χ1) is 13.2. The molecule has 144 valence electrons. The maximum absolute atomic E-state index is 12.5. The van der Waals surface area contributed by atoms with E-state index in [2.05, 4.69) is 34.5 Å². The van der Waals surface area contributed by atoms with Crippen LogP contribution in [0.2, 0.25) is 0 Å². The summed E-state index contributed by atoms with van der Waals surface area (Å²) in [5, 5.41) is 3.18. The number of nitrogens with one attached hydrogen (secondary N) is 1. The van der Waals surface area contributed by atoms with E-state index in [0.717, 1.165) is 44.2 Å². The zero-order chi connectivity index (χ0) is 19.1. The molecule has 27 heavy (non-hydrogen) atoms. The number of hydrogen-bond donors (Lipinski definition) is 1. The lowest BCUT2D eigenvalue weighted by atomic mass is 10.2. The highest BCUT2D eigenvalue weighted by molar-refractivity contribution is 5.81. The average molecular weight is 369 g/mol. The van der Waals surface area contributed by atoms with Crippen LogP contribution in [-0.2, 0) is 11.3 Å². The number of nitrogens with zero attached hydrogens (tertiary/aromatic N) is 2. The molecule has 1 saturated heterocycles. The molecule has 1 amide bonds. The van der Waals surface area contributed by atoms with Gasteiger partial charge in [-0.2, -0.15) is 0 Å². The molecule has 0 aromatic heterocycles. The Bertz CT molecular complexity index is 744. The van der Waals surface area contributed by atoms with Gasteiger partial charge in [-0.15, -0.1) is 0 Å². The lowest BCUT2D eigenvalue weighted by molar-refractivity contribution is -0.131. The molecule has 0 saturated carbocycles. The van der Waals surface area contributed by atoms with Crippen molar-refractivity contribution < 1.29 is 14.3 Å². The lowest BCUT2D eigenvalue weighted by Gasteiger charge is -2.35. The van der Waals surface area contributed by atoms with E-state index in [-0.39, 0.29) is 12.5 Å². The molecule has 1 aliphatic rings. The second kappa shape index (κ2) is 9.28. The molecule has 0 bridgehead atoms. The molecule has 0 unspecified atom stereocenters. The van der Waals surface area contributed by atoms with E-state index in [0.29, 0.717) is 5.75 Å². The van der Waals surface area contributed by atoms with Crippen molar-refractivity contribution in [3.8, 4) is 11.5 Å². The molecule has 1 aliphatic heterocycles. The van der Waals surface area contributed by atoms with Gasteiger partial charge in [0.05, 0.1) is 26.5 Å². The number of hydrogen-bond acceptors (Lipinski definition) is 5. The van der Waals surface area contributed by atoms with Crippen molar-refractivity contribution in [1.29, 1.82) is 0 Å². The molecule has 6 nitrogen and oxygen atoms in total. The van der Waals surface area contributed by atoms with E-state index in [1.165, 1.54) is 5.56 Å². The van der Waals surface area contributed by atoms with Crippen molar-refractivity contribution in [2.24, 2.45) is 0 Å². The summed E-state index contributed by atoms with van der Waals surface area (Å²) in [6.07, 6.45) is 0. The predicted molar refractivity (Wildman–Crippen MR) is 106 cm³/mol. The predicted octanol–water partition coefficient (Wildman–Crippen LogP) is 2.46. The molecule has 3 rings (SSSR count). The van der Waals surface area contributed by atoms with Gasteiger partial charge in [-0.05, 0) is 17.7 Å². The molecule has 2 aromatic rings. The van der Waals surface area contributed by atoms with E-state index in [4.69, 9.17) is 9.47 Å². The summed E-state index contributed by atoms with van der Waals surface area (Å²) in [6.45, 7) is 4.49. The van der Waals surface area contributed by atoms with E-state index in [9.17, 15) is 4.79 Å². The molecular weight excluding hydrogens is 342 g/mol. The maximum Gasteiger partial charge on any atom is 0.241 e. The van der Waals surface area contributed by atoms with Crippen molar-refractivity contribution in [2.45, 2.75) is 6.54 Å². The van der Waals surface area contributed by atoms with E-state index in [1.807, 2.05) is 23.1 Å². The quantitative estimate of drug-likeness (QED) is 0.813. The standard InChI is InChI=1S/C21H27N3O3/c1-26-18-8-9-19(20(14-18)27-2)22-15-21(25)24-12-10-23(11-13-24)16-17-6-4-3-5-7-17/h3-9,14,22H,10-13,15-16H2,1-2H3. The molecular formula is C21H27N3O3. The summed E-state index contributed by atoms with van der Waals surface area (Å²) in [4.78, 5) is 16.8. The summed E-state index contributed by atoms with van der Waals surface area (Å²) in [5.41, 5.74) is 2.10. The maximum atomic E-state index is 12.5. The molecule has 2 aromatic carbocycles. The number of methoxy groups -OCH3 is 2. The minimum Gasteiger partial charge on any atom is -0.497 e. The van der Waals surface area contributed by atoms with Gasteiger partial charge in [-0.1, -0.05) is 30.3 Å². The topological polar surface area (TPSA) is 54.0 Å². The fourth-order valence-electron chi connectivity index (χ4n) is 3.22. The van der Waals surface area contributed by atoms with Gasteiger partial charge in [0.15, 0.2) is 0 Å². The van der Waals surface area contributed by atoms with Crippen molar-refractivity contribution in [3.05, 3.63) is 54.1 Å². The van der Waals surface area contributed by atoms with Crippen LogP contribution in [0.1, 0.15) is 5.56 Å². The second-order valence-electron chi connectivity index (χ2n) is 6.56. The van der Waals surface area contributed by atoms with Crippen molar-refractivity contribution in [3.63, 3.8) is 0 Å². The smallest absolute Gasteiger partial charge is 0.241 e. The molecule has 1 fully saturated rings. The number of benzene rings is 2. The molecule has 1 heterocycles. The van der Waals surface area contributed by atoms with Crippen LogP contribution in [0.4, 0.5) is 5.69 Å². The van der Waals surface area contributed by atoms with Crippen LogP contribution < -0.4 is 14.8 Å². The van der Waals surface area contributed by atoms with Gasteiger partial charge in [-0.25, -0.2) is 0 Å². The van der Waals surface area contributed by atoms with Gasteiger partial charge < -0.3 is 19.7 Å². The lowest BCUT2D eigenvalue weighted by Crippen LogP contribution is -2.49. The Morgan fingerprint density at radius 1 is 1.00 bits per heavy atom. The van der Waals surface area contributed by atoms with Crippen molar-refractivity contribution in [1.82, 2.24) is 9.80 Å². The Morgan fingerprint density at radius 2 is 1.74 bits per heavy atom. The molecule has 1 N–H and O–H groups in total. The zero-order valence-electron chi connectivity index (χ0n) is 16.0. The minimum absolute atomic E-state index is 0.104.